The largest absolute Gasteiger partial charge is 0.381 e. The molecule has 5 rings (SSSR count). The molecule has 0 bridgehead atoms. The summed E-state index contributed by atoms with van der Waals surface area (Å²) in [6.07, 6.45) is 8.74. The third-order valence-electron chi connectivity index (χ3n) is 6.38. The molecule has 29 heavy (non-hydrogen) atoms. The maximum absolute atomic E-state index is 4.97. The van der Waals surface area contributed by atoms with Crippen LogP contribution in [0.15, 0.2) is 60.8 Å². The zero-order chi connectivity index (χ0) is 19.6. The molecule has 0 radical (unpaired) electrons. The number of pyridine rings is 1. The lowest BCUT2D eigenvalue weighted by molar-refractivity contribution is 0.328. The van der Waals surface area contributed by atoms with E-state index < -0.39 is 0 Å². The molecular formula is C25H28N4. The van der Waals surface area contributed by atoms with E-state index in [9.17, 15) is 0 Å². The Hall–Kier alpha value is -2.88. The number of anilines is 1. The number of hydrogen-bond acceptors (Lipinski definition) is 3. The second kappa shape index (κ2) is 7.86. The minimum atomic E-state index is 0.446. The SMILES string of the molecule is C[C@H](Nc1c2ccccc2nc2c1cnn2Cc1ccccc1)C1CCCCC1. The minimum Gasteiger partial charge on any atom is -0.381 e. The van der Waals surface area contributed by atoms with Crippen LogP contribution in [0.2, 0.25) is 0 Å². The first-order valence-electron chi connectivity index (χ1n) is 10.8. The Bertz CT molecular complexity index is 1110. The van der Waals surface area contributed by atoms with Crippen LogP contribution in [0.5, 0.6) is 0 Å². The Morgan fingerprint density at radius 2 is 1.72 bits per heavy atom. The molecule has 2 aromatic heterocycles. The number of benzene rings is 2. The molecule has 0 amide bonds. The standard InChI is InChI=1S/C25H28N4/c1-18(20-12-6-3-7-13-20)27-24-21-14-8-9-15-23(21)28-25-22(24)16-26-29(25)17-19-10-4-2-5-11-19/h2,4-5,8-11,14-16,18,20H,3,6-7,12-13,17H2,1H3,(H,27,28)/t18-/m0/s1. The van der Waals surface area contributed by atoms with Gasteiger partial charge in [-0.25, -0.2) is 9.67 Å². The average Bonchev–Trinajstić information content (AvgIpc) is 3.17. The number of fused-ring (bicyclic) bond motifs is 2. The third kappa shape index (κ3) is 3.59. The van der Waals surface area contributed by atoms with E-state index >= 15 is 0 Å². The summed E-state index contributed by atoms with van der Waals surface area (Å²) in [7, 11) is 0. The van der Waals surface area contributed by atoms with E-state index in [2.05, 4.69) is 60.8 Å². The molecule has 1 saturated carbocycles. The molecule has 0 saturated heterocycles. The normalized spacial score (nSPS) is 16.3. The number of rotatable bonds is 5. The summed E-state index contributed by atoms with van der Waals surface area (Å²) in [4.78, 5) is 4.97. The van der Waals surface area contributed by atoms with Crippen LogP contribution in [0.3, 0.4) is 0 Å². The molecule has 1 N–H and O–H groups in total. The second-order valence-electron chi connectivity index (χ2n) is 8.36. The summed E-state index contributed by atoms with van der Waals surface area (Å²) >= 11 is 0. The number of nitrogens with zero attached hydrogens (tertiary/aromatic N) is 3. The van der Waals surface area contributed by atoms with Crippen molar-refractivity contribution in [1.82, 2.24) is 14.8 Å². The van der Waals surface area contributed by atoms with E-state index in [1.54, 1.807) is 0 Å². The number of nitrogens with one attached hydrogen (secondary N) is 1. The van der Waals surface area contributed by atoms with E-state index in [0.717, 1.165) is 29.0 Å². The first-order valence-corrected chi connectivity index (χ1v) is 10.8. The summed E-state index contributed by atoms with van der Waals surface area (Å²) in [5.74, 6) is 0.741. The van der Waals surface area contributed by atoms with E-state index in [1.165, 1.54) is 48.7 Å². The van der Waals surface area contributed by atoms with Crippen LogP contribution >= 0.6 is 0 Å². The predicted octanol–water partition coefficient (Wildman–Crippen LogP) is 6.01. The molecule has 1 fully saturated rings. The van der Waals surface area contributed by atoms with Crippen molar-refractivity contribution in [1.29, 1.82) is 0 Å². The van der Waals surface area contributed by atoms with Gasteiger partial charge in [0.1, 0.15) is 0 Å². The second-order valence-corrected chi connectivity index (χ2v) is 8.36. The highest BCUT2D eigenvalue weighted by Crippen LogP contribution is 2.34. The number of aromatic nitrogens is 3. The van der Waals surface area contributed by atoms with E-state index in [0.29, 0.717) is 6.04 Å². The van der Waals surface area contributed by atoms with Crippen molar-refractivity contribution in [2.24, 2.45) is 5.92 Å². The van der Waals surface area contributed by atoms with Crippen LogP contribution in [0.25, 0.3) is 21.9 Å². The van der Waals surface area contributed by atoms with Gasteiger partial charge in [-0.3, -0.25) is 0 Å². The van der Waals surface area contributed by atoms with Crippen molar-refractivity contribution < 1.29 is 0 Å². The molecule has 0 aliphatic heterocycles. The Labute approximate surface area is 172 Å². The van der Waals surface area contributed by atoms with Gasteiger partial charge >= 0.3 is 0 Å². The van der Waals surface area contributed by atoms with Crippen LogP contribution < -0.4 is 5.32 Å². The highest BCUT2D eigenvalue weighted by atomic mass is 15.3. The summed E-state index contributed by atoms with van der Waals surface area (Å²) in [6, 6.07) is 19.3. The predicted molar refractivity (Wildman–Crippen MR) is 120 cm³/mol. The fraction of sp³-hybridized carbons (Fsp3) is 0.360. The summed E-state index contributed by atoms with van der Waals surface area (Å²) < 4.78 is 2.02. The lowest BCUT2D eigenvalue weighted by atomic mass is 9.84. The van der Waals surface area contributed by atoms with Gasteiger partial charge in [0.2, 0.25) is 0 Å². The third-order valence-corrected chi connectivity index (χ3v) is 6.38. The van der Waals surface area contributed by atoms with Crippen LogP contribution in [0.4, 0.5) is 5.69 Å². The van der Waals surface area contributed by atoms with Gasteiger partial charge in [-0.2, -0.15) is 5.10 Å². The van der Waals surface area contributed by atoms with Gasteiger partial charge in [0, 0.05) is 11.4 Å². The van der Waals surface area contributed by atoms with Gasteiger partial charge in [-0.1, -0.05) is 67.8 Å². The highest BCUT2D eigenvalue weighted by Gasteiger charge is 2.22. The lowest BCUT2D eigenvalue weighted by Gasteiger charge is -2.29. The number of para-hydroxylation sites is 1. The van der Waals surface area contributed by atoms with Gasteiger partial charge in [-0.15, -0.1) is 0 Å². The van der Waals surface area contributed by atoms with Crippen molar-refractivity contribution in [3.05, 3.63) is 66.4 Å². The molecule has 2 heterocycles. The Balaban J connectivity index is 1.57. The molecule has 0 unspecified atom stereocenters. The first-order chi connectivity index (χ1) is 14.3. The van der Waals surface area contributed by atoms with Crippen molar-refractivity contribution in [3.8, 4) is 0 Å². The fourth-order valence-corrected chi connectivity index (χ4v) is 4.72. The van der Waals surface area contributed by atoms with E-state index in [4.69, 9.17) is 10.1 Å². The molecule has 1 atom stereocenters. The molecular weight excluding hydrogens is 356 g/mol. The molecule has 1 aliphatic rings. The van der Waals surface area contributed by atoms with Gasteiger partial charge < -0.3 is 5.32 Å². The quantitative estimate of drug-likeness (QED) is 0.458. The van der Waals surface area contributed by atoms with Crippen molar-refractivity contribution in [3.63, 3.8) is 0 Å². The van der Waals surface area contributed by atoms with Crippen LogP contribution in [-0.4, -0.2) is 20.8 Å². The molecule has 2 aromatic carbocycles. The van der Waals surface area contributed by atoms with Gasteiger partial charge in [0.15, 0.2) is 5.65 Å². The maximum Gasteiger partial charge on any atom is 0.160 e. The maximum atomic E-state index is 4.97. The Morgan fingerprint density at radius 1 is 0.966 bits per heavy atom. The Morgan fingerprint density at radius 3 is 2.55 bits per heavy atom. The molecule has 0 spiro atoms. The van der Waals surface area contributed by atoms with Crippen LogP contribution in [0, 0.1) is 5.92 Å². The summed E-state index contributed by atoms with van der Waals surface area (Å²) in [6.45, 7) is 3.07. The van der Waals surface area contributed by atoms with Crippen LogP contribution in [-0.2, 0) is 6.54 Å². The molecule has 4 aromatic rings. The zero-order valence-electron chi connectivity index (χ0n) is 17.0. The summed E-state index contributed by atoms with van der Waals surface area (Å²) in [5, 5.41) is 10.9. The van der Waals surface area contributed by atoms with Crippen molar-refractivity contribution in [2.75, 3.05) is 5.32 Å². The number of hydrogen-bond donors (Lipinski definition) is 1. The smallest absolute Gasteiger partial charge is 0.160 e. The van der Waals surface area contributed by atoms with Crippen molar-refractivity contribution in [2.45, 2.75) is 51.6 Å². The summed E-state index contributed by atoms with van der Waals surface area (Å²) in [5.41, 5.74) is 4.39. The lowest BCUT2D eigenvalue weighted by Crippen LogP contribution is -2.27. The fourth-order valence-electron chi connectivity index (χ4n) is 4.72. The molecule has 4 nitrogen and oxygen atoms in total. The topological polar surface area (TPSA) is 42.7 Å². The monoisotopic (exact) mass is 384 g/mol. The molecule has 148 valence electrons. The van der Waals surface area contributed by atoms with Crippen LogP contribution in [0.1, 0.15) is 44.6 Å². The highest BCUT2D eigenvalue weighted by molar-refractivity contribution is 6.06. The average molecular weight is 385 g/mol. The zero-order valence-corrected chi connectivity index (χ0v) is 17.0. The molecule has 4 heteroatoms. The van der Waals surface area contributed by atoms with E-state index in [-0.39, 0.29) is 0 Å². The first kappa shape index (κ1) is 18.2. The molecule has 1 aliphatic carbocycles. The Kier molecular flexibility index (Phi) is 4.92. The minimum absolute atomic E-state index is 0.446. The van der Waals surface area contributed by atoms with Crippen molar-refractivity contribution >= 4 is 27.6 Å². The van der Waals surface area contributed by atoms with Gasteiger partial charge in [0.05, 0.1) is 29.3 Å². The van der Waals surface area contributed by atoms with E-state index in [1.807, 2.05) is 16.9 Å². The van der Waals surface area contributed by atoms with Gasteiger partial charge in [0.25, 0.3) is 0 Å². The van der Waals surface area contributed by atoms with Gasteiger partial charge in [-0.05, 0) is 37.3 Å².